The second-order valence-corrected chi connectivity index (χ2v) is 5.41. The van der Waals surface area contributed by atoms with E-state index in [9.17, 15) is 9.59 Å². The van der Waals surface area contributed by atoms with Gasteiger partial charge in [0.2, 0.25) is 0 Å². The van der Waals surface area contributed by atoms with Crippen LogP contribution >= 0.6 is 0 Å². The standard InChI is InChI=1S/C17H20N2O4/c1-3-17(18-15(20)22-2)10-7-11-19(13-17)16(21)23-12-14-8-5-4-6-9-14/h1,4-6,8-9H,7,10-13H2,2H3,(H,18,20). The fraction of sp³-hybridized carbons (Fsp3) is 0.412. The van der Waals surface area contributed by atoms with Crippen LogP contribution in [0.3, 0.4) is 0 Å². The van der Waals surface area contributed by atoms with Crippen LogP contribution < -0.4 is 5.32 Å². The first kappa shape index (κ1) is 16.7. The van der Waals surface area contributed by atoms with Gasteiger partial charge in [0, 0.05) is 6.54 Å². The molecule has 2 amide bonds. The number of hydrogen-bond donors (Lipinski definition) is 1. The summed E-state index contributed by atoms with van der Waals surface area (Å²) in [6, 6.07) is 9.43. The molecular weight excluding hydrogens is 296 g/mol. The molecular formula is C17H20N2O4. The number of amides is 2. The molecule has 0 saturated carbocycles. The number of hydrogen-bond acceptors (Lipinski definition) is 4. The largest absolute Gasteiger partial charge is 0.453 e. The van der Waals surface area contributed by atoms with Crippen LogP contribution in [0.1, 0.15) is 18.4 Å². The van der Waals surface area contributed by atoms with Crippen molar-refractivity contribution < 1.29 is 19.1 Å². The zero-order valence-corrected chi connectivity index (χ0v) is 13.1. The number of terminal acetylenes is 1. The zero-order valence-electron chi connectivity index (χ0n) is 13.1. The van der Waals surface area contributed by atoms with Gasteiger partial charge in [-0.2, -0.15) is 0 Å². The van der Waals surface area contributed by atoms with E-state index in [0.717, 1.165) is 5.56 Å². The molecule has 0 spiro atoms. The Labute approximate surface area is 135 Å². The molecule has 122 valence electrons. The van der Waals surface area contributed by atoms with E-state index in [-0.39, 0.29) is 13.2 Å². The van der Waals surface area contributed by atoms with E-state index in [0.29, 0.717) is 19.4 Å². The lowest BCUT2D eigenvalue weighted by Gasteiger charge is -2.38. The number of benzene rings is 1. The Hall–Kier alpha value is -2.68. The Morgan fingerprint density at radius 3 is 2.78 bits per heavy atom. The molecule has 0 bridgehead atoms. The molecule has 1 aliphatic rings. The van der Waals surface area contributed by atoms with E-state index in [2.05, 4.69) is 16.0 Å². The number of ether oxygens (including phenoxy) is 2. The van der Waals surface area contributed by atoms with Crippen molar-refractivity contribution in [2.45, 2.75) is 25.0 Å². The van der Waals surface area contributed by atoms with Crippen LogP contribution in [0.2, 0.25) is 0 Å². The molecule has 0 aliphatic carbocycles. The maximum Gasteiger partial charge on any atom is 0.410 e. The van der Waals surface area contributed by atoms with Gasteiger partial charge in [-0.05, 0) is 18.4 Å². The van der Waals surface area contributed by atoms with E-state index < -0.39 is 17.7 Å². The molecule has 1 atom stereocenters. The second-order valence-electron chi connectivity index (χ2n) is 5.41. The highest BCUT2D eigenvalue weighted by molar-refractivity contribution is 5.71. The number of carbonyl (C=O) groups is 2. The summed E-state index contributed by atoms with van der Waals surface area (Å²) >= 11 is 0. The third-order valence-electron chi connectivity index (χ3n) is 3.76. The molecule has 0 radical (unpaired) electrons. The third-order valence-corrected chi connectivity index (χ3v) is 3.76. The highest BCUT2D eigenvalue weighted by Crippen LogP contribution is 2.21. The summed E-state index contributed by atoms with van der Waals surface area (Å²) in [5, 5.41) is 2.64. The molecule has 1 saturated heterocycles. The van der Waals surface area contributed by atoms with E-state index >= 15 is 0 Å². The minimum absolute atomic E-state index is 0.198. The van der Waals surface area contributed by atoms with Crippen molar-refractivity contribution in [3.8, 4) is 12.3 Å². The van der Waals surface area contributed by atoms with Gasteiger partial charge in [-0.15, -0.1) is 6.42 Å². The summed E-state index contributed by atoms with van der Waals surface area (Å²) in [6.07, 6.45) is 5.78. The van der Waals surface area contributed by atoms with Gasteiger partial charge in [0.15, 0.2) is 0 Å². The fourth-order valence-electron chi connectivity index (χ4n) is 2.52. The lowest BCUT2D eigenvalue weighted by atomic mass is 9.90. The number of nitrogens with one attached hydrogen (secondary N) is 1. The van der Waals surface area contributed by atoms with E-state index in [1.807, 2.05) is 30.3 Å². The monoisotopic (exact) mass is 316 g/mol. The molecule has 2 rings (SSSR count). The highest BCUT2D eigenvalue weighted by atomic mass is 16.6. The zero-order chi connectivity index (χ0) is 16.7. The predicted octanol–water partition coefficient (Wildman–Crippen LogP) is 2.15. The van der Waals surface area contributed by atoms with Crippen LogP contribution in [0.5, 0.6) is 0 Å². The maximum atomic E-state index is 12.2. The smallest absolute Gasteiger partial charge is 0.410 e. The first-order valence-electron chi connectivity index (χ1n) is 7.38. The summed E-state index contributed by atoms with van der Waals surface area (Å²) in [5.74, 6) is 2.58. The van der Waals surface area contributed by atoms with Crippen molar-refractivity contribution >= 4 is 12.2 Å². The number of piperidine rings is 1. The minimum Gasteiger partial charge on any atom is -0.453 e. The Balaban J connectivity index is 1.95. The van der Waals surface area contributed by atoms with Gasteiger partial charge < -0.3 is 19.7 Å². The lowest BCUT2D eigenvalue weighted by molar-refractivity contribution is 0.0738. The number of nitrogens with zero attached hydrogens (tertiary/aromatic N) is 1. The van der Waals surface area contributed by atoms with Gasteiger partial charge >= 0.3 is 12.2 Å². The van der Waals surface area contributed by atoms with Crippen molar-refractivity contribution in [2.24, 2.45) is 0 Å². The van der Waals surface area contributed by atoms with Crippen LogP contribution in [-0.4, -0.2) is 42.8 Å². The normalized spacial score (nSPS) is 20.3. The molecule has 1 aliphatic heterocycles. The molecule has 1 fully saturated rings. The molecule has 1 heterocycles. The van der Waals surface area contributed by atoms with E-state index in [1.54, 1.807) is 0 Å². The molecule has 6 nitrogen and oxygen atoms in total. The summed E-state index contributed by atoms with van der Waals surface area (Å²) < 4.78 is 9.91. The third kappa shape index (κ3) is 4.39. The SMILES string of the molecule is C#CC1(NC(=O)OC)CCCN(C(=O)OCc2ccccc2)C1. The molecule has 1 unspecified atom stereocenters. The van der Waals surface area contributed by atoms with E-state index in [4.69, 9.17) is 11.2 Å². The molecule has 1 aromatic carbocycles. The number of likely N-dealkylation sites (tertiary alicyclic amines) is 1. The van der Waals surface area contributed by atoms with Gasteiger partial charge in [0.1, 0.15) is 12.1 Å². The fourth-order valence-corrected chi connectivity index (χ4v) is 2.52. The average Bonchev–Trinajstić information content (AvgIpc) is 2.60. The quantitative estimate of drug-likeness (QED) is 0.868. The van der Waals surface area contributed by atoms with Crippen molar-refractivity contribution in [1.82, 2.24) is 10.2 Å². The Morgan fingerprint density at radius 1 is 1.39 bits per heavy atom. The van der Waals surface area contributed by atoms with Crippen LogP contribution in [0.4, 0.5) is 9.59 Å². The van der Waals surface area contributed by atoms with Crippen molar-refractivity contribution in [2.75, 3.05) is 20.2 Å². The number of alkyl carbamates (subject to hydrolysis) is 1. The van der Waals surface area contributed by atoms with Gasteiger partial charge in [-0.3, -0.25) is 0 Å². The average molecular weight is 316 g/mol. The molecule has 1 N–H and O–H groups in total. The highest BCUT2D eigenvalue weighted by Gasteiger charge is 2.37. The Morgan fingerprint density at radius 2 is 2.13 bits per heavy atom. The summed E-state index contributed by atoms with van der Waals surface area (Å²) in [6.45, 7) is 0.940. The van der Waals surface area contributed by atoms with Crippen molar-refractivity contribution in [1.29, 1.82) is 0 Å². The number of rotatable bonds is 3. The van der Waals surface area contributed by atoms with Crippen LogP contribution in [0.15, 0.2) is 30.3 Å². The summed E-state index contributed by atoms with van der Waals surface area (Å²) in [4.78, 5) is 25.2. The minimum atomic E-state index is -0.920. The van der Waals surface area contributed by atoms with Crippen molar-refractivity contribution in [3.05, 3.63) is 35.9 Å². The first-order chi connectivity index (χ1) is 11.1. The Bertz CT molecular complexity index is 596. The number of methoxy groups -OCH3 is 1. The maximum absolute atomic E-state index is 12.2. The molecule has 6 heteroatoms. The summed E-state index contributed by atoms with van der Waals surface area (Å²) in [7, 11) is 1.27. The number of carbonyl (C=O) groups excluding carboxylic acids is 2. The summed E-state index contributed by atoms with van der Waals surface area (Å²) in [5.41, 5.74) is -0.00865. The topological polar surface area (TPSA) is 67.9 Å². The van der Waals surface area contributed by atoms with E-state index in [1.165, 1.54) is 12.0 Å². The van der Waals surface area contributed by atoms with Crippen LogP contribution in [-0.2, 0) is 16.1 Å². The van der Waals surface area contributed by atoms with Crippen LogP contribution in [0.25, 0.3) is 0 Å². The predicted molar refractivity (Wildman–Crippen MR) is 84.5 cm³/mol. The lowest BCUT2D eigenvalue weighted by Crippen LogP contribution is -2.59. The van der Waals surface area contributed by atoms with Crippen LogP contribution in [0, 0.1) is 12.3 Å². The molecule has 1 aromatic rings. The van der Waals surface area contributed by atoms with Crippen molar-refractivity contribution in [3.63, 3.8) is 0 Å². The first-order valence-corrected chi connectivity index (χ1v) is 7.38. The van der Waals surface area contributed by atoms with Gasteiger partial charge in [0.25, 0.3) is 0 Å². The molecule has 23 heavy (non-hydrogen) atoms. The molecule has 0 aromatic heterocycles. The van der Waals surface area contributed by atoms with Gasteiger partial charge in [-0.25, -0.2) is 9.59 Å². The van der Waals surface area contributed by atoms with Gasteiger partial charge in [-0.1, -0.05) is 36.3 Å². The Kier molecular flexibility index (Phi) is 5.47. The van der Waals surface area contributed by atoms with Gasteiger partial charge in [0.05, 0.1) is 13.7 Å². The second kappa shape index (κ2) is 7.54.